The molecule has 0 saturated carbocycles. The van der Waals surface area contributed by atoms with E-state index in [1.54, 1.807) is 0 Å². The molecule has 0 aliphatic carbocycles. The van der Waals surface area contributed by atoms with Crippen molar-refractivity contribution in [1.29, 1.82) is 0 Å². The molecular formula is C17H20BrClO5. The summed E-state index contributed by atoms with van der Waals surface area (Å²) in [6, 6.07) is 5.70. The van der Waals surface area contributed by atoms with Gasteiger partial charge >= 0.3 is 11.9 Å². The summed E-state index contributed by atoms with van der Waals surface area (Å²) in [5.41, 5.74) is 1.92. The third kappa shape index (κ3) is 5.46. The molecule has 132 valence electrons. The maximum Gasteiger partial charge on any atom is 0.302 e. The summed E-state index contributed by atoms with van der Waals surface area (Å²) in [7, 11) is 0. The maximum atomic E-state index is 11.3. The van der Waals surface area contributed by atoms with E-state index in [2.05, 4.69) is 15.9 Å². The summed E-state index contributed by atoms with van der Waals surface area (Å²) < 4.78 is 16.5. The lowest BCUT2D eigenvalue weighted by Gasteiger charge is -2.35. The molecule has 0 bridgehead atoms. The Morgan fingerprint density at radius 3 is 2.67 bits per heavy atom. The molecule has 1 aromatic carbocycles. The molecule has 0 aromatic heterocycles. The second-order valence-electron chi connectivity index (χ2n) is 5.74. The summed E-state index contributed by atoms with van der Waals surface area (Å²) >= 11 is 9.56. The Labute approximate surface area is 154 Å². The number of rotatable bonds is 5. The fourth-order valence-corrected chi connectivity index (χ4v) is 3.54. The van der Waals surface area contributed by atoms with Gasteiger partial charge in [-0.25, -0.2) is 0 Å². The zero-order valence-corrected chi connectivity index (χ0v) is 15.9. The van der Waals surface area contributed by atoms with Crippen LogP contribution in [0.25, 0.3) is 0 Å². The highest BCUT2D eigenvalue weighted by Gasteiger charge is 2.33. The maximum absolute atomic E-state index is 11.3. The van der Waals surface area contributed by atoms with Gasteiger partial charge in [-0.3, -0.25) is 9.59 Å². The molecule has 1 aliphatic rings. The van der Waals surface area contributed by atoms with E-state index in [-0.39, 0.29) is 36.9 Å². The van der Waals surface area contributed by atoms with Crippen molar-refractivity contribution < 1.29 is 23.8 Å². The molecule has 1 saturated heterocycles. The van der Waals surface area contributed by atoms with Crippen molar-refractivity contribution in [3.8, 4) is 0 Å². The van der Waals surface area contributed by atoms with Gasteiger partial charge in [0.25, 0.3) is 0 Å². The molecule has 1 fully saturated rings. The van der Waals surface area contributed by atoms with Crippen LogP contribution in [0, 0.1) is 0 Å². The monoisotopic (exact) mass is 418 g/mol. The van der Waals surface area contributed by atoms with Crippen molar-refractivity contribution in [2.75, 3.05) is 6.61 Å². The van der Waals surface area contributed by atoms with E-state index in [1.165, 1.54) is 13.8 Å². The number of carbonyl (C=O) groups is 2. The van der Waals surface area contributed by atoms with Gasteiger partial charge in [-0.05, 0) is 17.2 Å². The molecule has 1 aromatic rings. The molecule has 2 rings (SSSR count). The lowest BCUT2D eigenvalue weighted by molar-refractivity contribution is -0.169. The smallest absolute Gasteiger partial charge is 0.302 e. The van der Waals surface area contributed by atoms with E-state index >= 15 is 0 Å². The number of hydrogen-bond donors (Lipinski definition) is 0. The normalized spacial score (nSPS) is 23.6. The van der Waals surface area contributed by atoms with Crippen LogP contribution < -0.4 is 0 Å². The number of hydrogen-bond acceptors (Lipinski definition) is 5. The highest BCUT2D eigenvalue weighted by Crippen LogP contribution is 2.35. The first-order valence-electron chi connectivity index (χ1n) is 7.69. The van der Waals surface area contributed by atoms with Crippen LogP contribution in [0.2, 0.25) is 5.02 Å². The highest BCUT2D eigenvalue weighted by molar-refractivity contribution is 9.08. The Morgan fingerprint density at radius 2 is 2.04 bits per heavy atom. The van der Waals surface area contributed by atoms with Gasteiger partial charge < -0.3 is 14.2 Å². The summed E-state index contributed by atoms with van der Waals surface area (Å²) in [5, 5.41) is 1.32. The molecule has 7 heteroatoms. The van der Waals surface area contributed by atoms with Gasteiger partial charge in [-0.1, -0.05) is 39.7 Å². The number of ether oxygens (including phenoxy) is 3. The molecule has 0 amide bonds. The molecule has 24 heavy (non-hydrogen) atoms. The minimum absolute atomic E-state index is 0.141. The first kappa shape index (κ1) is 19.2. The Hall–Kier alpha value is -1.11. The van der Waals surface area contributed by atoms with Crippen LogP contribution in [-0.2, 0) is 29.1 Å². The number of carbonyl (C=O) groups excluding carboxylic acids is 2. The predicted octanol–water partition coefficient (Wildman–Crippen LogP) is 3.95. The molecule has 1 heterocycles. The molecule has 1 unspecified atom stereocenters. The van der Waals surface area contributed by atoms with Crippen LogP contribution in [0.5, 0.6) is 0 Å². The third-order valence-corrected chi connectivity index (χ3v) is 4.72. The standard InChI is InChI=1S/C17H20BrClO5/c1-10(20)22-9-15-6-14(23-11(2)21)7-17(24-15)12-3-4-16(19)13(5-12)8-18/h3-5,14-15,17H,6-9H2,1-2H3/t14-,15?,17+/m0/s1. The average Bonchev–Trinajstić information content (AvgIpc) is 2.52. The quantitative estimate of drug-likeness (QED) is 0.534. The molecule has 3 atom stereocenters. The second kappa shape index (κ2) is 8.83. The van der Waals surface area contributed by atoms with E-state index in [9.17, 15) is 9.59 Å². The Bertz CT molecular complexity index is 607. The largest absolute Gasteiger partial charge is 0.463 e. The first-order chi connectivity index (χ1) is 11.4. The van der Waals surface area contributed by atoms with Gasteiger partial charge in [-0.15, -0.1) is 0 Å². The van der Waals surface area contributed by atoms with E-state index in [0.717, 1.165) is 11.1 Å². The second-order valence-corrected chi connectivity index (χ2v) is 6.70. The third-order valence-electron chi connectivity index (χ3n) is 3.75. The highest BCUT2D eigenvalue weighted by atomic mass is 79.9. The molecular weight excluding hydrogens is 400 g/mol. The summed E-state index contributed by atoms with van der Waals surface area (Å²) in [5.74, 6) is -0.693. The van der Waals surface area contributed by atoms with Gasteiger partial charge in [0.1, 0.15) is 12.7 Å². The van der Waals surface area contributed by atoms with Gasteiger partial charge in [0.2, 0.25) is 0 Å². The Balaban J connectivity index is 2.16. The van der Waals surface area contributed by atoms with Crippen LogP contribution in [0.4, 0.5) is 0 Å². The van der Waals surface area contributed by atoms with Gasteiger partial charge in [-0.2, -0.15) is 0 Å². The first-order valence-corrected chi connectivity index (χ1v) is 9.19. The predicted molar refractivity (Wildman–Crippen MR) is 93.1 cm³/mol. The average molecular weight is 420 g/mol. The van der Waals surface area contributed by atoms with Crippen LogP contribution in [0.3, 0.4) is 0 Å². The Kier molecular flexibility index (Phi) is 7.07. The Morgan fingerprint density at radius 1 is 1.29 bits per heavy atom. The van der Waals surface area contributed by atoms with Crippen molar-refractivity contribution in [2.45, 2.75) is 50.3 Å². The zero-order chi connectivity index (χ0) is 17.7. The molecule has 1 aliphatic heterocycles. The van der Waals surface area contributed by atoms with E-state index < -0.39 is 0 Å². The van der Waals surface area contributed by atoms with E-state index in [1.807, 2.05) is 18.2 Å². The van der Waals surface area contributed by atoms with Crippen molar-refractivity contribution in [1.82, 2.24) is 0 Å². The van der Waals surface area contributed by atoms with Crippen molar-refractivity contribution in [3.63, 3.8) is 0 Å². The van der Waals surface area contributed by atoms with Crippen LogP contribution in [-0.4, -0.2) is 30.8 Å². The van der Waals surface area contributed by atoms with Crippen LogP contribution in [0.15, 0.2) is 18.2 Å². The lowest BCUT2D eigenvalue weighted by Crippen LogP contribution is -2.36. The van der Waals surface area contributed by atoms with Crippen LogP contribution in [0.1, 0.15) is 43.9 Å². The SMILES string of the molecule is CC(=O)OCC1C[C@H](OC(C)=O)C[C@H](c2ccc(Cl)c(CBr)c2)O1. The summed E-state index contributed by atoms with van der Waals surface area (Å²) in [4.78, 5) is 22.3. The summed E-state index contributed by atoms with van der Waals surface area (Å²) in [6.07, 6.45) is 0.214. The van der Waals surface area contributed by atoms with Crippen molar-refractivity contribution in [3.05, 3.63) is 34.3 Å². The van der Waals surface area contributed by atoms with Gasteiger partial charge in [0.15, 0.2) is 0 Å². The number of benzene rings is 1. The molecule has 0 radical (unpaired) electrons. The van der Waals surface area contributed by atoms with Crippen molar-refractivity contribution in [2.24, 2.45) is 0 Å². The minimum Gasteiger partial charge on any atom is -0.463 e. The van der Waals surface area contributed by atoms with Gasteiger partial charge in [0, 0.05) is 37.0 Å². The summed E-state index contributed by atoms with van der Waals surface area (Å²) in [6.45, 7) is 2.88. The van der Waals surface area contributed by atoms with Crippen LogP contribution >= 0.6 is 27.5 Å². The fourth-order valence-electron chi connectivity index (χ4n) is 2.73. The van der Waals surface area contributed by atoms with E-state index in [4.69, 9.17) is 25.8 Å². The van der Waals surface area contributed by atoms with Crippen molar-refractivity contribution >= 4 is 39.5 Å². The topological polar surface area (TPSA) is 61.8 Å². The minimum atomic E-state index is -0.363. The lowest BCUT2D eigenvalue weighted by atomic mass is 9.95. The zero-order valence-electron chi connectivity index (χ0n) is 13.6. The molecule has 5 nitrogen and oxygen atoms in total. The number of halogens is 2. The number of alkyl halides is 1. The fraction of sp³-hybridized carbons (Fsp3) is 0.529. The molecule has 0 N–H and O–H groups in total. The van der Waals surface area contributed by atoms with E-state index in [0.29, 0.717) is 23.2 Å². The van der Waals surface area contributed by atoms with Gasteiger partial charge in [0.05, 0.1) is 12.2 Å². The number of esters is 2. The molecule has 0 spiro atoms.